The molecule has 3 rings (SSSR count). The standard InChI is InChI=1S/C20H22N2O2/c1-2-18(20(21)24)22-13-17(12-19(22)23)16-10-8-15(9-11-16)14-6-4-3-5-7-14/h3-11,17-18H,2,12-13H2,1H3,(H2,21,24). The van der Waals surface area contributed by atoms with Gasteiger partial charge in [0, 0.05) is 18.9 Å². The van der Waals surface area contributed by atoms with Crippen LogP contribution in [0.3, 0.4) is 0 Å². The van der Waals surface area contributed by atoms with Gasteiger partial charge >= 0.3 is 0 Å². The zero-order valence-corrected chi connectivity index (χ0v) is 13.8. The van der Waals surface area contributed by atoms with Crippen LogP contribution in [-0.4, -0.2) is 29.3 Å². The highest BCUT2D eigenvalue weighted by molar-refractivity contribution is 5.88. The molecule has 2 aromatic carbocycles. The molecule has 24 heavy (non-hydrogen) atoms. The van der Waals surface area contributed by atoms with E-state index in [1.54, 1.807) is 4.90 Å². The van der Waals surface area contributed by atoms with Crippen LogP contribution >= 0.6 is 0 Å². The highest BCUT2D eigenvalue weighted by atomic mass is 16.2. The minimum Gasteiger partial charge on any atom is -0.368 e. The molecule has 1 fully saturated rings. The Balaban J connectivity index is 1.76. The smallest absolute Gasteiger partial charge is 0.240 e. The molecule has 1 aliphatic rings. The van der Waals surface area contributed by atoms with Crippen LogP contribution in [0.2, 0.25) is 0 Å². The molecule has 0 saturated carbocycles. The zero-order valence-electron chi connectivity index (χ0n) is 13.8. The summed E-state index contributed by atoms with van der Waals surface area (Å²) in [5.41, 5.74) is 8.88. The minimum atomic E-state index is -0.494. The zero-order chi connectivity index (χ0) is 17.1. The Morgan fingerprint density at radius 1 is 1.12 bits per heavy atom. The maximum Gasteiger partial charge on any atom is 0.240 e. The number of rotatable bonds is 5. The summed E-state index contributed by atoms with van der Waals surface area (Å²) in [6.07, 6.45) is 0.995. The van der Waals surface area contributed by atoms with Crippen molar-refractivity contribution in [2.24, 2.45) is 5.73 Å². The molecule has 4 heteroatoms. The van der Waals surface area contributed by atoms with Gasteiger partial charge in [-0.2, -0.15) is 0 Å². The third-order valence-electron chi connectivity index (χ3n) is 4.74. The molecule has 1 aliphatic heterocycles. The van der Waals surface area contributed by atoms with Crippen molar-refractivity contribution in [3.8, 4) is 11.1 Å². The number of hydrogen-bond donors (Lipinski definition) is 1. The molecule has 0 bridgehead atoms. The average Bonchev–Trinajstić information content (AvgIpc) is 2.98. The first-order valence-electron chi connectivity index (χ1n) is 8.34. The molecule has 0 aliphatic carbocycles. The van der Waals surface area contributed by atoms with Gasteiger partial charge in [0.15, 0.2) is 0 Å². The van der Waals surface area contributed by atoms with Gasteiger partial charge in [-0.15, -0.1) is 0 Å². The Morgan fingerprint density at radius 3 is 2.33 bits per heavy atom. The van der Waals surface area contributed by atoms with Crippen molar-refractivity contribution >= 4 is 11.8 Å². The number of primary amides is 1. The summed E-state index contributed by atoms with van der Waals surface area (Å²) in [5, 5.41) is 0. The molecule has 0 spiro atoms. The second-order valence-electron chi connectivity index (χ2n) is 6.26. The van der Waals surface area contributed by atoms with Gasteiger partial charge in [-0.3, -0.25) is 9.59 Å². The average molecular weight is 322 g/mol. The summed E-state index contributed by atoms with van der Waals surface area (Å²) >= 11 is 0. The Morgan fingerprint density at radius 2 is 1.75 bits per heavy atom. The van der Waals surface area contributed by atoms with Gasteiger partial charge in [0.2, 0.25) is 11.8 Å². The molecule has 2 N–H and O–H groups in total. The highest BCUT2D eigenvalue weighted by Gasteiger charge is 2.36. The topological polar surface area (TPSA) is 63.4 Å². The van der Waals surface area contributed by atoms with E-state index in [-0.39, 0.29) is 11.8 Å². The van der Waals surface area contributed by atoms with Crippen LogP contribution in [0.4, 0.5) is 0 Å². The number of hydrogen-bond acceptors (Lipinski definition) is 2. The highest BCUT2D eigenvalue weighted by Crippen LogP contribution is 2.31. The van der Waals surface area contributed by atoms with Crippen LogP contribution in [0.15, 0.2) is 54.6 Å². The van der Waals surface area contributed by atoms with Crippen LogP contribution < -0.4 is 5.73 Å². The van der Waals surface area contributed by atoms with Crippen molar-refractivity contribution in [2.75, 3.05) is 6.54 Å². The number of nitrogens with zero attached hydrogens (tertiary/aromatic N) is 1. The summed E-state index contributed by atoms with van der Waals surface area (Å²) in [6, 6.07) is 18.0. The van der Waals surface area contributed by atoms with E-state index in [0.717, 1.165) is 11.1 Å². The molecule has 1 heterocycles. The van der Waals surface area contributed by atoms with Crippen molar-refractivity contribution in [3.63, 3.8) is 0 Å². The Bertz CT molecular complexity index is 725. The van der Waals surface area contributed by atoms with Gasteiger partial charge < -0.3 is 10.6 Å². The Kier molecular flexibility index (Phi) is 4.65. The number of likely N-dealkylation sites (tertiary alicyclic amines) is 1. The fourth-order valence-electron chi connectivity index (χ4n) is 3.41. The summed E-state index contributed by atoms with van der Waals surface area (Å²) in [5.74, 6) is -0.292. The van der Waals surface area contributed by atoms with Crippen LogP contribution in [-0.2, 0) is 9.59 Å². The normalized spacial score (nSPS) is 18.6. The van der Waals surface area contributed by atoms with Gasteiger partial charge in [-0.1, -0.05) is 61.5 Å². The number of amides is 2. The predicted molar refractivity (Wildman–Crippen MR) is 94.2 cm³/mol. The van der Waals surface area contributed by atoms with E-state index < -0.39 is 11.9 Å². The Labute approximate surface area is 142 Å². The van der Waals surface area contributed by atoms with Crippen molar-refractivity contribution in [1.82, 2.24) is 4.90 Å². The number of carbonyl (C=O) groups is 2. The fourth-order valence-corrected chi connectivity index (χ4v) is 3.41. The monoisotopic (exact) mass is 322 g/mol. The SMILES string of the molecule is CCC(C(N)=O)N1CC(c2ccc(-c3ccccc3)cc2)CC1=O. The molecule has 124 valence electrons. The lowest BCUT2D eigenvalue weighted by molar-refractivity contribution is -0.136. The van der Waals surface area contributed by atoms with E-state index in [9.17, 15) is 9.59 Å². The van der Waals surface area contributed by atoms with Crippen LogP contribution in [0.25, 0.3) is 11.1 Å². The summed E-state index contributed by atoms with van der Waals surface area (Å²) in [4.78, 5) is 25.4. The van der Waals surface area contributed by atoms with Crippen molar-refractivity contribution < 1.29 is 9.59 Å². The van der Waals surface area contributed by atoms with Crippen molar-refractivity contribution in [2.45, 2.75) is 31.7 Å². The van der Waals surface area contributed by atoms with Gasteiger partial charge in [-0.05, 0) is 23.1 Å². The third-order valence-corrected chi connectivity index (χ3v) is 4.74. The summed E-state index contributed by atoms with van der Waals surface area (Å²) < 4.78 is 0. The largest absolute Gasteiger partial charge is 0.368 e. The third kappa shape index (κ3) is 3.18. The lowest BCUT2D eigenvalue weighted by Gasteiger charge is -2.24. The molecule has 2 atom stereocenters. The molecular formula is C20H22N2O2. The summed E-state index contributed by atoms with van der Waals surface area (Å²) in [7, 11) is 0. The molecular weight excluding hydrogens is 300 g/mol. The van der Waals surface area contributed by atoms with E-state index in [1.165, 1.54) is 5.56 Å². The molecule has 1 saturated heterocycles. The van der Waals surface area contributed by atoms with Crippen LogP contribution in [0, 0.1) is 0 Å². The first-order chi connectivity index (χ1) is 11.6. The van der Waals surface area contributed by atoms with Crippen LogP contribution in [0.5, 0.6) is 0 Å². The van der Waals surface area contributed by atoms with Crippen molar-refractivity contribution in [1.29, 1.82) is 0 Å². The minimum absolute atomic E-state index is 0.0118. The predicted octanol–water partition coefficient (Wildman–Crippen LogP) is 2.93. The first-order valence-corrected chi connectivity index (χ1v) is 8.34. The second kappa shape index (κ2) is 6.87. The van der Waals surface area contributed by atoms with E-state index in [2.05, 4.69) is 36.4 Å². The van der Waals surface area contributed by atoms with Gasteiger partial charge in [0.25, 0.3) is 0 Å². The first kappa shape index (κ1) is 16.2. The lowest BCUT2D eigenvalue weighted by Crippen LogP contribution is -2.45. The Hall–Kier alpha value is -2.62. The van der Waals surface area contributed by atoms with Crippen LogP contribution in [0.1, 0.15) is 31.2 Å². The lowest BCUT2D eigenvalue weighted by atomic mass is 9.95. The molecule has 2 aromatic rings. The number of benzene rings is 2. The van der Waals surface area contributed by atoms with Gasteiger partial charge in [-0.25, -0.2) is 0 Å². The number of carbonyl (C=O) groups excluding carboxylic acids is 2. The van der Waals surface area contributed by atoms with Gasteiger partial charge in [0.1, 0.15) is 6.04 Å². The fraction of sp³-hybridized carbons (Fsp3) is 0.300. The summed E-state index contributed by atoms with van der Waals surface area (Å²) in [6.45, 7) is 2.44. The second-order valence-corrected chi connectivity index (χ2v) is 6.26. The maximum absolute atomic E-state index is 12.3. The van der Waals surface area contributed by atoms with E-state index >= 15 is 0 Å². The quantitative estimate of drug-likeness (QED) is 0.920. The number of nitrogens with two attached hydrogens (primary N) is 1. The van der Waals surface area contributed by atoms with E-state index in [0.29, 0.717) is 19.4 Å². The molecule has 4 nitrogen and oxygen atoms in total. The van der Waals surface area contributed by atoms with E-state index in [4.69, 9.17) is 5.73 Å². The van der Waals surface area contributed by atoms with Crippen molar-refractivity contribution in [3.05, 3.63) is 60.2 Å². The molecule has 2 amide bonds. The molecule has 0 radical (unpaired) electrons. The molecule has 2 unspecified atom stereocenters. The molecule has 0 aromatic heterocycles. The van der Waals surface area contributed by atoms with E-state index in [1.807, 2.05) is 25.1 Å². The van der Waals surface area contributed by atoms with Gasteiger partial charge in [0.05, 0.1) is 0 Å². The maximum atomic E-state index is 12.3.